The van der Waals surface area contributed by atoms with Gasteiger partial charge in [0.25, 0.3) is 0 Å². The van der Waals surface area contributed by atoms with Crippen LogP contribution < -0.4 is 10.6 Å². The Morgan fingerprint density at radius 1 is 0.815 bits per heavy atom. The highest BCUT2D eigenvalue weighted by Gasteiger charge is 2.08. The third kappa shape index (κ3) is 10.0. The lowest BCUT2D eigenvalue weighted by Gasteiger charge is -2.05. The van der Waals surface area contributed by atoms with Gasteiger partial charge in [-0.3, -0.25) is 9.59 Å². The van der Waals surface area contributed by atoms with Crippen LogP contribution >= 0.6 is 0 Å². The molecule has 2 aromatic heterocycles. The van der Waals surface area contributed by atoms with E-state index in [1.165, 1.54) is 0 Å². The van der Waals surface area contributed by atoms with E-state index in [1.807, 2.05) is 0 Å². The summed E-state index contributed by atoms with van der Waals surface area (Å²) < 4.78 is 0. The number of aliphatic carboxylic acids is 2. The highest BCUT2D eigenvalue weighted by atomic mass is 16.4. The number of nitrogens with zero attached hydrogens (tertiary/aromatic N) is 2. The first-order chi connectivity index (χ1) is 12.9. The lowest BCUT2D eigenvalue weighted by molar-refractivity contribution is -0.159. The van der Waals surface area contributed by atoms with Gasteiger partial charge in [-0.05, 0) is 0 Å². The van der Waals surface area contributed by atoms with E-state index in [0.717, 1.165) is 11.4 Å². The molecule has 0 unspecified atom stereocenters. The van der Waals surface area contributed by atoms with Crippen LogP contribution in [0, 0.1) is 0 Å². The van der Waals surface area contributed by atoms with E-state index in [-0.39, 0.29) is 18.2 Å². The van der Waals surface area contributed by atoms with Crippen molar-refractivity contribution in [3.8, 4) is 0 Å². The summed E-state index contributed by atoms with van der Waals surface area (Å²) in [6, 6.07) is 0. The summed E-state index contributed by atoms with van der Waals surface area (Å²) in [5.74, 6) is -4.22. The number of amides is 2. The predicted octanol–water partition coefficient (Wildman–Crippen LogP) is -1.30. The number of nitrogens with one attached hydrogen (secondary N) is 4. The van der Waals surface area contributed by atoms with Crippen LogP contribution in [0.25, 0.3) is 0 Å². The number of hydrogen-bond donors (Lipinski definition) is 6. The second-order valence-corrected chi connectivity index (χ2v) is 5.14. The van der Waals surface area contributed by atoms with Gasteiger partial charge in [-0.1, -0.05) is 0 Å². The first-order valence-corrected chi connectivity index (χ1v) is 7.82. The van der Waals surface area contributed by atoms with Gasteiger partial charge in [0.2, 0.25) is 11.8 Å². The number of carboxylic acids is 2. The fourth-order valence-corrected chi connectivity index (χ4v) is 1.79. The molecular formula is C15H20N6O6. The molecule has 146 valence electrons. The number of hydrogen-bond acceptors (Lipinski definition) is 6. The van der Waals surface area contributed by atoms with Crippen LogP contribution in [-0.2, 0) is 32.0 Å². The normalized spacial score (nSPS) is 9.63. The van der Waals surface area contributed by atoms with Crippen LogP contribution in [-0.4, -0.2) is 67.0 Å². The number of aromatic nitrogens is 4. The zero-order valence-corrected chi connectivity index (χ0v) is 14.3. The van der Waals surface area contributed by atoms with Gasteiger partial charge < -0.3 is 30.8 Å². The quantitative estimate of drug-likeness (QED) is 0.240. The maximum atomic E-state index is 11.6. The van der Waals surface area contributed by atoms with Gasteiger partial charge in [0, 0.05) is 49.7 Å². The number of rotatable bonds is 8. The third-order valence-corrected chi connectivity index (χ3v) is 3.05. The van der Waals surface area contributed by atoms with Gasteiger partial charge >= 0.3 is 11.9 Å². The summed E-state index contributed by atoms with van der Waals surface area (Å²) in [4.78, 5) is 55.0. The first-order valence-electron chi connectivity index (χ1n) is 7.82. The van der Waals surface area contributed by atoms with Crippen LogP contribution in [0.1, 0.15) is 17.8 Å². The molecule has 0 atom stereocenters. The zero-order chi connectivity index (χ0) is 20.1. The molecule has 0 radical (unpaired) electrons. The average molecular weight is 380 g/mol. The Morgan fingerprint density at radius 3 is 1.52 bits per heavy atom. The highest BCUT2D eigenvalue weighted by molar-refractivity contribution is 6.27. The third-order valence-electron chi connectivity index (χ3n) is 3.05. The van der Waals surface area contributed by atoms with Crippen molar-refractivity contribution in [2.75, 3.05) is 13.1 Å². The molecule has 2 amide bonds. The molecule has 0 aliphatic carbocycles. The molecule has 0 saturated heterocycles. The summed E-state index contributed by atoms with van der Waals surface area (Å²) in [5.41, 5.74) is 1.89. The Morgan fingerprint density at radius 2 is 1.22 bits per heavy atom. The maximum Gasteiger partial charge on any atom is 0.414 e. The molecule has 2 aromatic rings. The molecule has 0 aromatic carbocycles. The Labute approximate surface area is 153 Å². The van der Waals surface area contributed by atoms with Gasteiger partial charge in [0.15, 0.2) is 0 Å². The number of carbonyl (C=O) groups excluding carboxylic acids is 2. The largest absolute Gasteiger partial charge is 0.473 e. The van der Waals surface area contributed by atoms with Gasteiger partial charge in [-0.2, -0.15) is 0 Å². The van der Waals surface area contributed by atoms with Crippen molar-refractivity contribution in [1.29, 1.82) is 0 Å². The molecule has 0 fully saturated rings. The van der Waals surface area contributed by atoms with Crippen LogP contribution in [0.2, 0.25) is 0 Å². The zero-order valence-electron chi connectivity index (χ0n) is 14.3. The lowest BCUT2D eigenvalue weighted by atomic mass is 10.3. The van der Waals surface area contributed by atoms with E-state index in [9.17, 15) is 9.59 Å². The summed E-state index contributed by atoms with van der Waals surface area (Å²) >= 11 is 0. The molecule has 2 heterocycles. The van der Waals surface area contributed by atoms with Crippen LogP contribution in [0.3, 0.4) is 0 Å². The number of H-pyrrole nitrogens is 2. The van der Waals surface area contributed by atoms with Crippen LogP contribution in [0.15, 0.2) is 25.0 Å². The van der Waals surface area contributed by atoms with Gasteiger partial charge in [0.1, 0.15) is 6.42 Å². The Bertz CT molecular complexity index is 666. The fraction of sp³-hybridized carbons (Fsp3) is 0.333. The van der Waals surface area contributed by atoms with Crippen LogP contribution in [0.5, 0.6) is 0 Å². The van der Waals surface area contributed by atoms with Crippen molar-refractivity contribution in [3.05, 3.63) is 36.4 Å². The molecule has 12 nitrogen and oxygen atoms in total. The molecule has 0 aliphatic heterocycles. The lowest BCUT2D eigenvalue weighted by Crippen LogP contribution is -2.33. The predicted molar refractivity (Wildman–Crippen MR) is 90.5 cm³/mol. The van der Waals surface area contributed by atoms with Crippen molar-refractivity contribution in [2.24, 2.45) is 0 Å². The Hall–Kier alpha value is -3.70. The van der Waals surface area contributed by atoms with E-state index < -0.39 is 11.9 Å². The maximum absolute atomic E-state index is 11.6. The minimum atomic E-state index is -1.82. The van der Waals surface area contributed by atoms with E-state index >= 15 is 0 Å². The first kappa shape index (κ1) is 21.3. The van der Waals surface area contributed by atoms with Crippen molar-refractivity contribution in [1.82, 2.24) is 30.6 Å². The van der Waals surface area contributed by atoms with Crippen molar-refractivity contribution < 1.29 is 29.4 Å². The van der Waals surface area contributed by atoms with E-state index in [0.29, 0.717) is 25.9 Å². The summed E-state index contributed by atoms with van der Waals surface area (Å²) in [6.07, 6.45) is 7.74. The molecule has 0 aliphatic rings. The Balaban J connectivity index is 0.000000527. The molecule has 2 rings (SSSR count). The highest BCUT2D eigenvalue weighted by Crippen LogP contribution is 1.92. The monoisotopic (exact) mass is 380 g/mol. The van der Waals surface area contributed by atoms with Gasteiger partial charge in [0.05, 0.1) is 12.7 Å². The van der Waals surface area contributed by atoms with E-state index in [1.54, 1.807) is 25.0 Å². The van der Waals surface area contributed by atoms with Crippen molar-refractivity contribution in [3.63, 3.8) is 0 Å². The fourth-order valence-electron chi connectivity index (χ4n) is 1.79. The van der Waals surface area contributed by atoms with Crippen molar-refractivity contribution >= 4 is 23.8 Å². The van der Waals surface area contributed by atoms with Gasteiger partial charge in [-0.25, -0.2) is 19.6 Å². The summed E-state index contributed by atoms with van der Waals surface area (Å²) in [6.45, 7) is 0.949. The standard InChI is InChI=1S/C13H18N6O2.C2H2O4/c20-12(16-3-1-10-6-14-8-18-10)5-13(21)17-4-2-11-7-15-9-19-11;3-1(4)2(5)6/h6-9H,1-5H2,(H,14,18)(H,15,19)(H,16,20)(H,17,21);(H,3,4)(H,5,6). The number of imidazole rings is 2. The minimum Gasteiger partial charge on any atom is -0.473 e. The number of carbonyl (C=O) groups is 4. The molecule has 6 N–H and O–H groups in total. The average Bonchev–Trinajstić information content (AvgIpc) is 3.29. The number of carboxylic acid groups (broad SMARTS) is 2. The second kappa shape index (κ2) is 11.8. The van der Waals surface area contributed by atoms with Crippen molar-refractivity contribution in [2.45, 2.75) is 19.3 Å². The molecule has 12 heteroatoms. The molecule has 0 saturated carbocycles. The molecular weight excluding hydrogens is 360 g/mol. The molecule has 0 bridgehead atoms. The van der Waals surface area contributed by atoms with E-state index in [2.05, 4.69) is 30.6 Å². The second-order valence-electron chi connectivity index (χ2n) is 5.14. The number of aromatic amines is 2. The molecule has 0 spiro atoms. The van der Waals surface area contributed by atoms with Crippen LogP contribution in [0.4, 0.5) is 0 Å². The smallest absolute Gasteiger partial charge is 0.414 e. The summed E-state index contributed by atoms with van der Waals surface area (Å²) in [7, 11) is 0. The summed E-state index contributed by atoms with van der Waals surface area (Å²) in [5, 5.41) is 20.2. The SMILES string of the molecule is O=C(CC(=O)NCCc1cnc[nH]1)NCCc1cnc[nH]1.O=C(O)C(=O)O. The molecule has 27 heavy (non-hydrogen) atoms. The van der Waals surface area contributed by atoms with Gasteiger partial charge in [-0.15, -0.1) is 0 Å². The van der Waals surface area contributed by atoms with E-state index in [4.69, 9.17) is 19.8 Å². The Kier molecular flexibility index (Phi) is 9.32. The topological polar surface area (TPSA) is 190 Å². The minimum absolute atomic E-state index is 0.161.